The highest BCUT2D eigenvalue weighted by Crippen LogP contribution is 2.31. The lowest BCUT2D eigenvalue weighted by atomic mass is 10.2. The van der Waals surface area contributed by atoms with Crippen LogP contribution in [-0.2, 0) is 26.0 Å². The van der Waals surface area contributed by atoms with E-state index in [4.69, 9.17) is 4.74 Å². The molecule has 0 spiro atoms. The molecule has 1 heterocycles. The summed E-state index contributed by atoms with van der Waals surface area (Å²) < 4.78 is 34.6. The first-order valence-corrected chi connectivity index (χ1v) is 12.6. The molecule has 0 aliphatic carbocycles. The third-order valence-corrected chi connectivity index (χ3v) is 7.48. The molecule has 8 nitrogen and oxygen atoms in total. The molecule has 1 aliphatic rings. The van der Waals surface area contributed by atoms with Gasteiger partial charge in [-0.1, -0.05) is 36.9 Å². The number of sulfonamides is 1. The molecule has 33 heavy (non-hydrogen) atoms. The van der Waals surface area contributed by atoms with Gasteiger partial charge in [-0.15, -0.1) is 11.0 Å². The van der Waals surface area contributed by atoms with Gasteiger partial charge < -0.3 is 10.1 Å². The van der Waals surface area contributed by atoms with Crippen molar-refractivity contribution in [1.82, 2.24) is 4.90 Å². The molecule has 0 bridgehead atoms. The van der Waals surface area contributed by atoms with Gasteiger partial charge in [-0.05, 0) is 48.4 Å². The molecule has 174 valence electrons. The van der Waals surface area contributed by atoms with Gasteiger partial charge in [-0.2, -0.15) is 8.42 Å². The second-order valence-electron chi connectivity index (χ2n) is 7.17. The molecule has 1 N–H and O–H groups in total. The maximum absolute atomic E-state index is 12.9. The average molecular weight is 488 g/mol. The fourth-order valence-corrected chi connectivity index (χ4v) is 5.48. The van der Waals surface area contributed by atoms with Crippen LogP contribution in [0.15, 0.2) is 70.5 Å². The number of rotatable bonds is 9. The number of carbonyl (C=O) groups excluding carboxylic acids is 2. The van der Waals surface area contributed by atoms with Crippen LogP contribution in [0.2, 0.25) is 0 Å². The summed E-state index contributed by atoms with van der Waals surface area (Å²) in [6.45, 7) is 5.69. The Bertz CT molecular complexity index is 1160. The van der Waals surface area contributed by atoms with E-state index < -0.39 is 15.3 Å². The second-order valence-corrected chi connectivity index (χ2v) is 9.95. The van der Waals surface area contributed by atoms with Crippen LogP contribution in [0, 0.1) is 0 Å². The van der Waals surface area contributed by atoms with Gasteiger partial charge in [0.15, 0.2) is 5.17 Å². The number of carbonyl (C=O) groups is 2. The molecule has 1 unspecified atom stereocenters. The number of amidine groups is 1. The van der Waals surface area contributed by atoms with Crippen LogP contribution in [0.1, 0.15) is 18.9 Å². The molecule has 10 heteroatoms. The predicted octanol–water partition coefficient (Wildman–Crippen LogP) is 3.46. The Morgan fingerprint density at radius 3 is 2.45 bits per heavy atom. The zero-order valence-corrected chi connectivity index (χ0v) is 20.0. The van der Waals surface area contributed by atoms with Crippen LogP contribution in [0.3, 0.4) is 0 Å². The maximum Gasteiger partial charge on any atom is 0.284 e. The normalized spacial score (nSPS) is 17.3. The summed E-state index contributed by atoms with van der Waals surface area (Å²) in [6, 6.07) is 13.2. The Kier molecular flexibility index (Phi) is 7.93. The summed E-state index contributed by atoms with van der Waals surface area (Å²) >= 11 is 0.960. The summed E-state index contributed by atoms with van der Waals surface area (Å²) in [7, 11) is -2.48. The summed E-state index contributed by atoms with van der Waals surface area (Å²) in [6.07, 6.45) is 2.14. The number of nitrogens with one attached hydrogen (secondary N) is 1. The van der Waals surface area contributed by atoms with E-state index in [1.807, 2.05) is 6.92 Å². The van der Waals surface area contributed by atoms with Crippen LogP contribution in [0.5, 0.6) is 5.75 Å². The first-order chi connectivity index (χ1) is 15.8. The summed E-state index contributed by atoms with van der Waals surface area (Å²) in [5.41, 5.74) is 1.56. The van der Waals surface area contributed by atoms with E-state index in [2.05, 4.69) is 16.3 Å². The van der Waals surface area contributed by atoms with Crippen LogP contribution in [0.4, 0.5) is 5.69 Å². The molecule has 1 aliphatic heterocycles. The maximum atomic E-state index is 12.9. The number of hydrogen-bond acceptors (Lipinski definition) is 6. The van der Waals surface area contributed by atoms with Crippen LogP contribution in [0.25, 0.3) is 0 Å². The Morgan fingerprint density at radius 1 is 1.21 bits per heavy atom. The molecule has 2 amide bonds. The van der Waals surface area contributed by atoms with Crippen molar-refractivity contribution in [1.29, 1.82) is 0 Å². The van der Waals surface area contributed by atoms with Crippen molar-refractivity contribution in [2.75, 3.05) is 19.0 Å². The number of hydrogen-bond donors (Lipinski definition) is 1. The van der Waals surface area contributed by atoms with Crippen molar-refractivity contribution in [3.63, 3.8) is 0 Å². The Morgan fingerprint density at radius 2 is 1.88 bits per heavy atom. The summed E-state index contributed by atoms with van der Waals surface area (Å²) in [4.78, 5) is 26.6. The number of thioether (sulfide) groups is 1. The Labute approximate surface area is 197 Å². The molecule has 2 aromatic rings. The van der Waals surface area contributed by atoms with E-state index in [9.17, 15) is 18.0 Å². The van der Waals surface area contributed by atoms with E-state index >= 15 is 0 Å². The largest absolute Gasteiger partial charge is 0.497 e. The molecular weight excluding hydrogens is 462 g/mol. The average Bonchev–Trinajstić information content (AvgIpc) is 3.08. The van der Waals surface area contributed by atoms with Gasteiger partial charge in [0.2, 0.25) is 11.8 Å². The molecule has 2 aromatic carbocycles. The minimum Gasteiger partial charge on any atom is -0.497 e. The molecular formula is C23H25N3O5S2. The fraction of sp³-hybridized carbons (Fsp3) is 0.261. The molecule has 0 radical (unpaired) electrons. The number of ether oxygens (including phenoxy) is 1. The first-order valence-electron chi connectivity index (χ1n) is 10.2. The highest BCUT2D eigenvalue weighted by molar-refractivity contribution is 8.16. The monoisotopic (exact) mass is 487 g/mol. The summed E-state index contributed by atoms with van der Waals surface area (Å²) in [5.74, 6) is -0.107. The predicted molar refractivity (Wildman–Crippen MR) is 130 cm³/mol. The lowest BCUT2D eigenvalue weighted by Crippen LogP contribution is -2.33. The van der Waals surface area contributed by atoms with Gasteiger partial charge in [-0.25, -0.2) is 0 Å². The number of benzene rings is 2. The van der Waals surface area contributed by atoms with Crippen LogP contribution >= 0.6 is 11.8 Å². The van der Waals surface area contributed by atoms with E-state index in [0.29, 0.717) is 11.4 Å². The smallest absolute Gasteiger partial charge is 0.284 e. The van der Waals surface area contributed by atoms with Crippen molar-refractivity contribution < 1.29 is 22.7 Å². The van der Waals surface area contributed by atoms with E-state index in [0.717, 1.165) is 23.7 Å². The minimum absolute atomic E-state index is 0.0294. The van der Waals surface area contributed by atoms with Gasteiger partial charge in [-0.3, -0.25) is 14.5 Å². The van der Waals surface area contributed by atoms with E-state index in [1.54, 1.807) is 43.5 Å². The second kappa shape index (κ2) is 10.7. The highest BCUT2D eigenvalue weighted by atomic mass is 32.2. The number of amides is 2. The first kappa shape index (κ1) is 24.5. The SMILES string of the molecule is C=CCN1C(=O)C(CC(=O)Nc2ccc(OC)cc2)S/C1=N\S(=O)(=O)c1ccc(CC)cc1. The quantitative estimate of drug-likeness (QED) is 0.543. The lowest BCUT2D eigenvalue weighted by Gasteiger charge is -2.13. The van der Waals surface area contributed by atoms with E-state index in [-0.39, 0.29) is 34.8 Å². The zero-order chi connectivity index (χ0) is 24.0. The standard InChI is InChI=1S/C23H25N3O5S2/c1-4-14-26-22(28)20(15-21(27)24-17-8-10-18(31-3)11-9-17)32-23(26)25-33(29,30)19-12-6-16(5-2)7-13-19/h4,6-13,20H,1,5,14-15H2,2-3H3,(H,24,27)/b25-23-. The van der Waals surface area contributed by atoms with Crippen molar-refractivity contribution in [3.8, 4) is 5.75 Å². The van der Waals surface area contributed by atoms with Gasteiger partial charge in [0.05, 0.1) is 12.0 Å². The van der Waals surface area contributed by atoms with Gasteiger partial charge in [0.25, 0.3) is 10.0 Å². The molecule has 1 atom stereocenters. The number of nitrogens with zero attached hydrogens (tertiary/aromatic N) is 2. The van der Waals surface area contributed by atoms with Crippen LogP contribution in [-0.4, -0.2) is 49.2 Å². The van der Waals surface area contributed by atoms with Crippen molar-refractivity contribution in [2.45, 2.75) is 29.9 Å². The zero-order valence-electron chi connectivity index (χ0n) is 18.4. The minimum atomic E-state index is -4.02. The lowest BCUT2D eigenvalue weighted by molar-refractivity contribution is -0.127. The fourth-order valence-electron chi connectivity index (χ4n) is 3.11. The molecule has 1 saturated heterocycles. The Balaban J connectivity index is 1.76. The molecule has 3 rings (SSSR count). The van der Waals surface area contributed by atoms with E-state index in [1.165, 1.54) is 23.1 Å². The van der Waals surface area contributed by atoms with Crippen LogP contribution < -0.4 is 10.1 Å². The number of methoxy groups -OCH3 is 1. The molecule has 0 saturated carbocycles. The molecule has 1 fully saturated rings. The third kappa shape index (κ3) is 6.02. The van der Waals surface area contributed by atoms with Crippen molar-refractivity contribution in [2.24, 2.45) is 4.40 Å². The van der Waals surface area contributed by atoms with Gasteiger partial charge in [0, 0.05) is 18.7 Å². The van der Waals surface area contributed by atoms with Crippen molar-refractivity contribution in [3.05, 3.63) is 66.7 Å². The highest BCUT2D eigenvalue weighted by Gasteiger charge is 2.39. The topological polar surface area (TPSA) is 105 Å². The number of anilines is 1. The summed E-state index contributed by atoms with van der Waals surface area (Å²) in [5, 5.41) is 1.97. The Hall–Kier alpha value is -3.11. The number of aryl methyl sites for hydroxylation is 1. The van der Waals surface area contributed by atoms with Gasteiger partial charge >= 0.3 is 0 Å². The van der Waals surface area contributed by atoms with Crippen molar-refractivity contribution >= 4 is 44.5 Å². The molecule has 0 aromatic heterocycles. The van der Waals surface area contributed by atoms with Gasteiger partial charge in [0.1, 0.15) is 11.0 Å². The third-order valence-electron chi connectivity index (χ3n) is 4.90.